The maximum absolute atomic E-state index is 8.89. The number of phenols is 1. The molecule has 0 aliphatic rings. The highest BCUT2D eigenvalue weighted by Crippen LogP contribution is 2.22. The minimum Gasteiger partial charge on any atom is -0.506 e. The zero-order valence-corrected chi connectivity index (χ0v) is 5.39. The van der Waals surface area contributed by atoms with Gasteiger partial charge in [-0.05, 0) is 24.6 Å². The summed E-state index contributed by atoms with van der Waals surface area (Å²) < 4.78 is 0. The highest BCUT2D eigenvalue weighted by atomic mass is 35.5. The number of rotatable bonds is 0. The second-order valence-corrected chi connectivity index (χ2v) is 2.12. The number of phenolic OH excluding ortho intramolecular Hbond substituents is 1. The van der Waals surface area contributed by atoms with Crippen molar-refractivity contribution in [2.45, 2.75) is 0 Å². The van der Waals surface area contributed by atoms with Gasteiger partial charge in [-0.1, -0.05) is 17.7 Å². The zero-order valence-electron chi connectivity index (χ0n) is 4.63. The Labute approximate surface area is 58.9 Å². The van der Waals surface area contributed by atoms with Crippen LogP contribution in [0.2, 0.25) is 5.02 Å². The molecule has 0 aliphatic heterocycles. The molecule has 2 heteroatoms. The highest BCUT2D eigenvalue weighted by molar-refractivity contribution is 6.31. The lowest BCUT2D eigenvalue weighted by Gasteiger charge is -1.94. The first-order valence-corrected chi connectivity index (χ1v) is 2.82. The van der Waals surface area contributed by atoms with Crippen molar-refractivity contribution in [3.63, 3.8) is 0 Å². The van der Waals surface area contributed by atoms with E-state index in [1.165, 1.54) is 6.07 Å². The Morgan fingerprint density at radius 2 is 2.11 bits per heavy atom. The van der Waals surface area contributed by atoms with Crippen molar-refractivity contribution in [2.24, 2.45) is 0 Å². The smallest absolute Gasteiger partial charge is 0.134 e. The third-order valence-electron chi connectivity index (χ3n) is 0.970. The van der Waals surface area contributed by atoms with Gasteiger partial charge in [-0.3, -0.25) is 0 Å². The fourth-order valence-corrected chi connectivity index (χ4v) is 0.647. The molecule has 0 bridgehead atoms. The van der Waals surface area contributed by atoms with Crippen LogP contribution < -0.4 is 0 Å². The molecule has 2 radical (unpaired) electrons. The zero-order chi connectivity index (χ0) is 6.85. The lowest BCUT2D eigenvalue weighted by molar-refractivity contribution is 0.475. The van der Waals surface area contributed by atoms with Gasteiger partial charge in [0.05, 0.1) is 5.02 Å². The van der Waals surface area contributed by atoms with Gasteiger partial charge in [0.15, 0.2) is 0 Å². The normalized spacial score (nSPS) is 9.56. The first kappa shape index (κ1) is 6.43. The average Bonchev–Trinajstić information content (AvgIpc) is 1.80. The van der Waals surface area contributed by atoms with Crippen molar-refractivity contribution in [3.05, 3.63) is 35.7 Å². The van der Waals surface area contributed by atoms with Crippen LogP contribution in [0.25, 0.3) is 0 Å². The van der Waals surface area contributed by atoms with Crippen molar-refractivity contribution in [1.82, 2.24) is 0 Å². The first-order chi connectivity index (χ1) is 4.20. The van der Waals surface area contributed by atoms with Gasteiger partial charge in [0.1, 0.15) is 5.75 Å². The molecule has 0 atom stereocenters. The van der Waals surface area contributed by atoms with Crippen LogP contribution in [0.4, 0.5) is 0 Å². The molecule has 0 aromatic heterocycles. The molecule has 0 fully saturated rings. The Hall–Kier alpha value is -0.690. The van der Waals surface area contributed by atoms with Crippen LogP contribution in [-0.4, -0.2) is 5.11 Å². The standard InChI is InChI=1S/C7H5ClO/c1-5-2-3-6(8)7(9)4-5/h1-4,9H. The van der Waals surface area contributed by atoms with Crippen LogP contribution in [0, 0.1) is 6.92 Å². The van der Waals surface area contributed by atoms with Gasteiger partial charge >= 0.3 is 0 Å². The Kier molecular flexibility index (Phi) is 1.63. The molecule has 1 N–H and O–H groups in total. The van der Waals surface area contributed by atoms with E-state index in [1.54, 1.807) is 12.1 Å². The Bertz CT molecular complexity index is 220. The van der Waals surface area contributed by atoms with E-state index in [0.717, 1.165) is 0 Å². The first-order valence-electron chi connectivity index (χ1n) is 2.44. The number of aromatic hydroxyl groups is 1. The number of hydrogen-bond acceptors (Lipinski definition) is 1. The third kappa shape index (κ3) is 1.36. The molecule has 0 spiro atoms. The van der Waals surface area contributed by atoms with Crippen LogP contribution in [0.15, 0.2) is 18.2 Å². The summed E-state index contributed by atoms with van der Waals surface area (Å²) in [4.78, 5) is 0. The van der Waals surface area contributed by atoms with E-state index in [4.69, 9.17) is 23.6 Å². The van der Waals surface area contributed by atoms with Crippen molar-refractivity contribution < 1.29 is 5.11 Å². The molecule has 1 aromatic rings. The summed E-state index contributed by atoms with van der Waals surface area (Å²) in [7, 11) is 0. The molecule has 1 rings (SSSR count). The number of hydrogen-bond donors (Lipinski definition) is 1. The summed E-state index contributed by atoms with van der Waals surface area (Å²) in [5.41, 5.74) is 0.511. The average molecular weight is 141 g/mol. The molecule has 0 saturated heterocycles. The summed E-state index contributed by atoms with van der Waals surface area (Å²) in [6.07, 6.45) is 0. The fourth-order valence-electron chi connectivity index (χ4n) is 0.530. The quantitative estimate of drug-likeness (QED) is 0.585. The van der Waals surface area contributed by atoms with Crippen LogP contribution in [-0.2, 0) is 0 Å². The number of halogens is 1. The lowest BCUT2D eigenvalue weighted by Crippen LogP contribution is -1.70. The van der Waals surface area contributed by atoms with E-state index in [-0.39, 0.29) is 5.75 Å². The Morgan fingerprint density at radius 3 is 2.56 bits per heavy atom. The third-order valence-corrected chi connectivity index (χ3v) is 1.29. The van der Waals surface area contributed by atoms with Gasteiger partial charge in [0.25, 0.3) is 0 Å². The van der Waals surface area contributed by atoms with E-state index in [2.05, 4.69) is 0 Å². The summed E-state index contributed by atoms with van der Waals surface area (Å²) in [6.45, 7) is 5.31. The van der Waals surface area contributed by atoms with Gasteiger partial charge in [0, 0.05) is 0 Å². The lowest BCUT2D eigenvalue weighted by atomic mass is 10.2. The predicted octanol–water partition coefficient (Wildman–Crippen LogP) is 2.10. The molecule has 46 valence electrons. The van der Waals surface area contributed by atoms with Crippen molar-refractivity contribution in [3.8, 4) is 5.75 Å². The minimum absolute atomic E-state index is 0.0247. The van der Waals surface area contributed by atoms with Gasteiger partial charge in [0.2, 0.25) is 0 Å². The summed E-state index contributed by atoms with van der Waals surface area (Å²) in [6, 6.07) is 4.58. The van der Waals surface area contributed by atoms with E-state index in [1.807, 2.05) is 0 Å². The fraction of sp³-hybridized carbons (Fsp3) is 0. The molecule has 1 aromatic carbocycles. The predicted molar refractivity (Wildman–Crippen MR) is 36.5 cm³/mol. The SMILES string of the molecule is [CH]c1ccc(Cl)c(O)c1. The molecule has 0 amide bonds. The van der Waals surface area contributed by atoms with Gasteiger partial charge in [-0.15, -0.1) is 0 Å². The second-order valence-electron chi connectivity index (χ2n) is 1.71. The van der Waals surface area contributed by atoms with Crippen LogP contribution >= 0.6 is 11.6 Å². The highest BCUT2D eigenvalue weighted by Gasteiger charge is 1.94. The summed E-state index contributed by atoms with van der Waals surface area (Å²) in [5.74, 6) is 0.0247. The van der Waals surface area contributed by atoms with Crippen molar-refractivity contribution in [2.75, 3.05) is 0 Å². The van der Waals surface area contributed by atoms with Crippen LogP contribution in [0.5, 0.6) is 5.75 Å². The maximum Gasteiger partial charge on any atom is 0.134 e. The second kappa shape index (κ2) is 2.28. The topological polar surface area (TPSA) is 20.2 Å². The molecular formula is C7H5ClO. The van der Waals surface area contributed by atoms with E-state index < -0.39 is 0 Å². The minimum atomic E-state index is 0.0247. The van der Waals surface area contributed by atoms with Gasteiger partial charge < -0.3 is 5.11 Å². The monoisotopic (exact) mass is 140 g/mol. The molecule has 9 heavy (non-hydrogen) atoms. The molecule has 1 nitrogen and oxygen atoms in total. The molecular weight excluding hydrogens is 136 g/mol. The molecule has 0 heterocycles. The largest absolute Gasteiger partial charge is 0.506 e. The molecule has 0 unspecified atom stereocenters. The van der Waals surface area contributed by atoms with E-state index in [9.17, 15) is 0 Å². The molecule has 0 saturated carbocycles. The van der Waals surface area contributed by atoms with E-state index in [0.29, 0.717) is 10.6 Å². The number of benzene rings is 1. The van der Waals surface area contributed by atoms with Gasteiger partial charge in [-0.2, -0.15) is 0 Å². The van der Waals surface area contributed by atoms with E-state index >= 15 is 0 Å². The van der Waals surface area contributed by atoms with Crippen LogP contribution in [0.1, 0.15) is 5.56 Å². The molecule has 0 aliphatic carbocycles. The maximum atomic E-state index is 8.89. The van der Waals surface area contributed by atoms with Gasteiger partial charge in [-0.25, -0.2) is 0 Å². The Morgan fingerprint density at radius 1 is 1.44 bits per heavy atom. The Balaban J connectivity index is 3.17. The summed E-state index contributed by atoms with van der Waals surface area (Å²) >= 11 is 5.48. The summed E-state index contributed by atoms with van der Waals surface area (Å²) in [5, 5.41) is 9.21. The van der Waals surface area contributed by atoms with Crippen LogP contribution in [0.3, 0.4) is 0 Å². The van der Waals surface area contributed by atoms with Crippen molar-refractivity contribution >= 4 is 11.6 Å². The van der Waals surface area contributed by atoms with Crippen molar-refractivity contribution in [1.29, 1.82) is 0 Å².